The van der Waals surface area contributed by atoms with Crippen molar-refractivity contribution in [3.63, 3.8) is 0 Å². The largest absolute Gasteiger partial charge is 0.497 e. The van der Waals surface area contributed by atoms with Crippen LogP contribution in [-0.4, -0.2) is 55.6 Å². The quantitative estimate of drug-likeness (QED) is 0.139. The third-order valence-electron chi connectivity index (χ3n) is 6.58. The molecule has 0 saturated heterocycles. The van der Waals surface area contributed by atoms with Gasteiger partial charge in [0.15, 0.2) is 16.8 Å². The smallest absolute Gasteiger partial charge is 0.333 e. The predicted molar refractivity (Wildman–Crippen MR) is 159 cm³/mol. The van der Waals surface area contributed by atoms with Gasteiger partial charge >= 0.3 is 11.7 Å². The lowest BCUT2D eigenvalue weighted by Crippen LogP contribution is -2.45. The monoisotopic (exact) mass is 592 g/mol. The minimum atomic E-state index is -0.954. The Morgan fingerprint density at radius 1 is 0.952 bits per heavy atom. The molecule has 0 fully saturated rings. The molecule has 0 aliphatic rings. The molecule has 0 radical (unpaired) electrons. The van der Waals surface area contributed by atoms with Crippen LogP contribution in [0, 0.1) is 0 Å². The summed E-state index contributed by atoms with van der Waals surface area (Å²) in [6.45, 7) is 2.03. The number of rotatable bonds is 13. The molecule has 0 spiro atoms. The van der Waals surface area contributed by atoms with Crippen LogP contribution >= 0.6 is 11.8 Å². The number of hydrogen-bond acceptors (Lipinski definition) is 10. The van der Waals surface area contributed by atoms with Gasteiger partial charge in [0.2, 0.25) is 0 Å². The van der Waals surface area contributed by atoms with E-state index in [-0.39, 0.29) is 23.7 Å². The van der Waals surface area contributed by atoms with Crippen LogP contribution in [0.1, 0.15) is 35.7 Å². The Balaban J connectivity index is 1.69. The second-order valence-electron chi connectivity index (χ2n) is 9.33. The summed E-state index contributed by atoms with van der Waals surface area (Å²) in [5, 5.41) is 9.17. The van der Waals surface area contributed by atoms with Gasteiger partial charge in [-0.3, -0.25) is 19.0 Å². The lowest BCUT2D eigenvalue weighted by atomic mass is 10.2. The third kappa shape index (κ3) is 6.62. The second kappa shape index (κ2) is 13.8. The van der Waals surface area contributed by atoms with Gasteiger partial charge in [0.25, 0.3) is 5.56 Å². The molecule has 0 amide bonds. The van der Waals surface area contributed by atoms with Crippen molar-refractivity contribution in [2.45, 2.75) is 44.6 Å². The number of hydrogen-bond donors (Lipinski definition) is 1. The second-order valence-corrected chi connectivity index (χ2v) is 10.3. The fraction of sp³-hybridized carbons (Fsp3) is 0.310. The van der Waals surface area contributed by atoms with Crippen molar-refractivity contribution in [2.24, 2.45) is 0 Å². The summed E-state index contributed by atoms with van der Waals surface area (Å²) >= 11 is 1.11. The average molecular weight is 593 g/mol. The van der Waals surface area contributed by atoms with Crippen molar-refractivity contribution in [2.75, 3.05) is 25.7 Å². The fourth-order valence-corrected chi connectivity index (χ4v) is 5.13. The first-order valence-electron chi connectivity index (χ1n) is 13.3. The zero-order chi connectivity index (χ0) is 30.2. The molecule has 0 atom stereocenters. The highest BCUT2D eigenvalue weighted by atomic mass is 32.2. The number of carbonyl (C=O) groups excluding carboxylic acids is 2. The zero-order valence-corrected chi connectivity index (χ0v) is 24.4. The van der Waals surface area contributed by atoms with Crippen LogP contribution in [0.4, 0.5) is 5.82 Å². The standard InChI is InChI=1S/C29H32N6O6S/c1-4-5-15-33-26(20-11-13-21(40-2)14-12-20)31-32-28(33)42-18-22(36)24-25(30)34(16-19-9-7-6-8-10-19)29(39)35(27(24)38)17-23(37)41-3/h6-14H,4-5,15-18,30H2,1-3H3. The fourth-order valence-electron chi connectivity index (χ4n) is 4.30. The number of ketones is 1. The van der Waals surface area contributed by atoms with Crippen molar-refractivity contribution in [3.05, 3.63) is 86.6 Å². The minimum Gasteiger partial charge on any atom is -0.497 e. The summed E-state index contributed by atoms with van der Waals surface area (Å²) in [5.74, 6) is -0.548. The highest BCUT2D eigenvalue weighted by molar-refractivity contribution is 7.99. The van der Waals surface area contributed by atoms with Crippen LogP contribution in [0.15, 0.2) is 69.3 Å². The van der Waals surface area contributed by atoms with E-state index in [1.165, 1.54) is 0 Å². The van der Waals surface area contributed by atoms with Gasteiger partial charge in [-0.25, -0.2) is 9.36 Å². The van der Waals surface area contributed by atoms with Crippen molar-refractivity contribution in [1.82, 2.24) is 23.9 Å². The third-order valence-corrected chi connectivity index (χ3v) is 7.54. The molecule has 0 aliphatic carbocycles. The first-order valence-corrected chi connectivity index (χ1v) is 14.2. The number of ether oxygens (including phenoxy) is 2. The van der Waals surface area contributed by atoms with Gasteiger partial charge in [0.1, 0.15) is 23.7 Å². The van der Waals surface area contributed by atoms with Gasteiger partial charge in [0.05, 0.1) is 26.5 Å². The van der Waals surface area contributed by atoms with E-state index in [1.54, 1.807) is 31.4 Å². The number of benzene rings is 2. The van der Waals surface area contributed by atoms with Crippen LogP contribution in [-0.2, 0) is 29.2 Å². The molecule has 4 rings (SSSR count). The van der Waals surface area contributed by atoms with Crippen LogP contribution in [0.3, 0.4) is 0 Å². The molecule has 2 heterocycles. The van der Waals surface area contributed by atoms with Gasteiger partial charge in [0, 0.05) is 12.1 Å². The number of unbranched alkanes of at least 4 members (excludes halogenated alkanes) is 1. The molecule has 0 bridgehead atoms. The first-order chi connectivity index (χ1) is 20.3. The van der Waals surface area contributed by atoms with Crippen molar-refractivity contribution in [3.8, 4) is 17.1 Å². The Morgan fingerprint density at radius 2 is 1.67 bits per heavy atom. The van der Waals surface area contributed by atoms with E-state index < -0.39 is 29.5 Å². The highest BCUT2D eigenvalue weighted by Crippen LogP contribution is 2.27. The Bertz CT molecular complexity index is 1680. The Hall–Kier alpha value is -4.65. The molecular weight excluding hydrogens is 560 g/mol. The number of nitrogen functional groups attached to an aromatic ring is 1. The summed E-state index contributed by atoms with van der Waals surface area (Å²) in [6.07, 6.45) is 1.79. The summed E-state index contributed by atoms with van der Waals surface area (Å²) in [7, 11) is 2.74. The number of nitrogens with two attached hydrogens (primary N) is 1. The molecule has 13 heteroatoms. The lowest BCUT2D eigenvalue weighted by Gasteiger charge is -2.16. The number of Topliss-reactive ketones (excluding diaryl/α,β-unsaturated/α-hetero) is 1. The number of carbonyl (C=O) groups is 2. The predicted octanol–water partition coefficient (Wildman–Crippen LogP) is 2.86. The normalized spacial score (nSPS) is 10.9. The molecular formula is C29H32N6O6S. The SMILES string of the molecule is CCCCn1c(SCC(=O)c2c(N)n(Cc3ccccc3)c(=O)n(CC(=O)OC)c2=O)nnc1-c1ccc(OC)cc1. The molecule has 12 nitrogen and oxygen atoms in total. The summed E-state index contributed by atoms with van der Waals surface area (Å²) in [5.41, 5.74) is 5.70. The molecule has 4 aromatic rings. The molecule has 2 aromatic carbocycles. The van der Waals surface area contributed by atoms with Crippen LogP contribution < -0.4 is 21.7 Å². The van der Waals surface area contributed by atoms with E-state index >= 15 is 0 Å². The Kier molecular flexibility index (Phi) is 9.97. The maximum absolute atomic E-state index is 13.5. The molecule has 0 saturated carbocycles. The lowest BCUT2D eigenvalue weighted by molar-refractivity contribution is -0.141. The highest BCUT2D eigenvalue weighted by Gasteiger charge is 2.25. The number of anilines is 1. The van der Waals surface area contributed by atoms with E-state index in [0.717, 1.165) is 47.4 Å². The van der Waals surface area contributed by atoms with Gasteiger partial charge < -0.3 is 19.8 Å². The maximum Gasteiger partial charge on any atom is 0.333 e. The molecule has 0 aliphatic heterocycles. The Morgan fingerprint density at radius 3 is 2.31 bits per heavy atom. The Labute approximate surface area is 246 Å². The van der Waals surface area contributed by atoms with Crippen molar-refractivity contribution >= 4 is 29.3 Å². The minimum absolute atomic E-state index is 0.00303. The van der Waals surface area contributed by atoms with Crippen LogP contribution in [0.2, 0.25) is 0 Å². The number of esters is 1. The average Bonchev–Trinajstić information content (AvgIpc) is 3.42. The molecule has 42 heavy (non-hydrogen) atoms. The number of thioether (sulfide) groups is 1. The molecule has 2 N–H and O–H groups in total. The first kappa shape index (κ1) is 30.3. The van der Waals surface area contributed by atoms with Gasteiger partial charge in [-0.05, 0) is 36.2 Å². The van der Waals surface area contributed by atoms with E-state index in [4.69, 9.17) is 10.5 Å². The maximum atomic E-state index is 13.5. The molecule has 2 aromatic heterocycles. The number of methoxy groups -OCH3 is 2. The van der Waals surface area contributed by atoms with E-state index in [9.17, 15) is 19.2 Å². The van der Waals surface area contributed by atoms with E-state index in [1.807, 2.05) is 34.9 Å². The summed E-state index contributed by atoms with van der Waals surface area (Å²) < 4.78 is 13.6. The zero-order valence-electron chi connectivity index (χ0n) is 23.6. The van der Waals surface area contributed by atoms with Crippen LogP contribution in [0.25, 0.3) is 11.4 Å². The topological polar surface area (TPSA) is 153 Å². The van der Waals surface area contributed by atoms with Crippen LogP contribution in [0.5, 0.6) is 5.75 Å². The summed E-state index contributed by atoms with van der Waals surface area (Å²) in [4.78, 5) is 52.2. The van der Waals surface area contributed by atoms with E-state index in [0.29, 0.717) is 27.8 Å². The van der Waals surface area contributed by atoms with Gasteiger partial charge in [-0.1, -0.05) is 55.4 Å². The summed E-state index contributed by atoms with van der Waals surface area (Å²) in [6, 6.07) is 16.4. The number of nitrogens with zero attached hydrogens (tertiary/aromatic N) is 5. The molecule has 0 unspecified atom stereocenters. The van der Waals surface area contributed by atoms with Gasteiger partial charge in [-0.2, -0.15) is 0 Å². The van der Waals surface area contributed by atoms with Crippen molar-refractivity contribution in [1.29, 1.82) is 0 Å². The van der Waals surface area contributed by atoms with Crippen molar-refractivity contribution < 1.29 is 19.1 Å². The van der Waals surface area contributed by atoms with Gasteiger partial charge in [-0.15, -0.1) is 10.2 Å². The number of aromatic nitrogens is 5. The molecule has 220 valence electrons. The van der Waals surface area contributed by atoms with E-state index in [2.05, 4.69) is 21.9 Å².